The fourth-order valence-corrected chi connectivity index (χ4v) is 11.4. The minimum atomic E-state index is -0.222. The molecule has 0 saturated carbocycles. The number of rotatable bonds is 4. The molecular formula is C20H30P2Zr. The van der Waals surface area contributed by atoms with Crippen LogP contribution in [0.3, 0.4) is 0 Å². The van der Waals surface area contributed by atoms with E-state index < -0.39 is 0 Å². The molecule has 0 nitrogen and oxygen atoms in total. The van der Waals surface area contributed by atoms with Crippen LogP contribution in [-0.4, -0.2) is 0 Å². The molecule has 0 amide bonds. The quantitative estimate of drug-likeness (QED) is 0.444. The molecule has 0 radical (unpaired) electrons. The zero-order chi connectivity index (χ0) is 16.8. The van der Waals surface area contributed by atoms with Crippen molar-refractivity contribution in [3.05, 3.63) is 55.8 Å². The molecule has 2 rings (SSSR count). The summed E-state index contributed by atoms with van der Waals surface area (Å²) in [5.74, 6) is 0. The van der Waals surface area contributed by atoms with Gasteiger partial charge in [0.2, 0.25) is 0 Å². The van der Waals surface area contributed by atoms with E-state index in [0.717, 1.165) is 6.42 Å². The molecule has 0 aliphatic heterocycles. The Morgan fingerprint density at radius 2 is 0.913 bits per heavy atom. The molecule has 0 fully saturated rings. The Morgan fingerprint density at radius 3 is 1.13 bits per heavy atom. The normalized spacial score (nSPS) is 11.2. The maximum absolute atomic E-state index is 4.18. The Hall–Kier alpha value is 0.443. The van der Waals surface area contributed by atoms with Crippen molar-refractivity contribution in [2.75, 3.05) is 0 Å². The Bertz CT molecular complexity index is 595. The van der Waals surface area contributed by atoms with Crippen LogP contribution in [0.25, 0.3) is 0 Å². The summed E-state index contributed by atoms with van der Waals surface area (Å²) in [6.45, 7) is 22.9. The van der Waals surface area contributed by atoms with Gasteiger partial charge in [-0.25, -0.2) is 11.8 Å². The van der Waals surface area contributed by atoms with Crippen molar-refractivity contribution in [1.82, 2.24) is 0 Å². The first-order chi connectivity index (χ1) is 10.2. The number of hydrogen-bond donors (Lipinski definition) is 0. The summed E-state index contributed by atoms with van der Waals surface area (Å²) in [5.41, 5.74) is 6.15. The minimum Gasteiger partial charge on any atom is -0.346 e. The maximum atomic E-state index is 4.18. The van der Waals surface area contributed by atoms with Gasteiger partial charge < -0.3 is 6.92 Å². The summed E-state index contributed by atoms with van der Waals surface area (Å²) in [6, 6.07) is 0. The van der Waals surface area contributed by atoms with Gasteiger partial charge in [0.05, 0.1) is 0 Å². The van der Waals surface area contributed by atoms with Crippen molar-refractivity contribution in [3.63, 3.8) is 0 Å². The molecule has 2 heterocycles. The predicted octanol–water partition coefficient (Wildman–Crippen LogP) is 7.62. The summed E-state index contributed by atoms with van der Waals surface area (Å²) in [6.07, 6.45) is 2.20. The molecule has 0 bridgehead atoms. The molecule has 0 aliphatic rings. The van der Waals surface area contributed by atoms with Crippen LogP contribution in [0.1, 0.15) is 56.3 Å². The van der Waals surface area contributed by atoms with E-state index in [1.165, 1.54) is 28.7 Å². The standard InChI is InChI=1S/C20H30P2.Zr/c1-10-11-20(21-16(6)12(2)13(3)17(21)7)22-18(8)14(4)15(5)19(22)9;/h1,10-11H2,2-9H3;/q-2;+2. The van der Waals surface area contributed by atoms with Crippen LogP contribution in [0.15, 0.2) is 0 Å². The van der Waals surface area contributed by atoms with E-state index in [9.17, 15) is 0 Å². The van der Waals surface area contributed by atoms with Gasteiger partial charge >= 0.3 is 26.2 Å². The van der Waals surface area contributed by atoms with Gasteiger partial charge in [-0.3, -0.25) is 15.1 Å². The van der Waals surface area contributed by atoms with E-state index in [4.69, 9.17) is 0 Å². The smallest absolute Gasteiger partial charge is 0.346 e. The largest absolute Gasteiger partial charge is 2.00 e. The summed E-state index contributed by atoms with van der Waals surface area (Å²) in [7, 11) is -0.443. The molecule has 0 spiro atoms. The fourth-order valence-electron chi connectivity index (χ4n) is 3.52. The molecule has 0 saturated heterocycles. The van der Waals surface area contributed by atoms with Gasteiger partial charge in [-0.15, -0.1) is 0 Å². The van der Waals surface area contributed by atoms with Gasteiger partial charge in [-0.2, -0.15) is 6.42 Å². The van der Waals surface area contributed by atoms with Crippen molar-refractivity contribution in [2.24, 2.45) is 0 Å². The third-order valence-electron chi connectivity index (χ3n) is 5.55. The first kappa shape index (κ1) is 21.5. The third-order valence-corrected chi connectivity index (χ3v) is 12.3. The van der Waals surface area contributed by atoms with E-state index in [2.05, 4.69) is 62.3 Å². The van der Waals surface area contributed by atoms with Crippen LogP contribution in [-0.2, 0) is 26.2 Å². The van der Waals surface area contributed by atoms with E-state index in [1.807, 2.05) is 0 Å². The zero-order valence-electron chi connectivity index (χ0n) is 16.0. The van der Waals surface area contributed by atoms with Crippen molar-refractivity contribution >= 4 is 15.1 Å². The van der Waals surface area contributed by atoms with Crippen LogP contribution >= 0.6 is 15.1 Å². The zero-order valence-corrected chi connectivity index (χ0v) is 20.3. The third kappa shape index (κ3) is 3.54. The van der Waals surface area contributed by atoms with Crippen molar-refractivity contribution in [3.8, 4) is 0 Å². The van der Waals surface area contributed by atoms with Crippen molar-refractivity contribution in [1.29, 1.82) is 0 Å². The van der Waals surface area contributed by atoms with Gasteiger partial charge in [-0.05, 0) is 77.6 Å². The molecule has 0 aromatic carbocycles. The molecule has 0 N–H and O–H groups in total. The van der Waals surface area contributed by atoms with Crippen LogP contribution in [0.5, 0.6) is 0 Å². The Labute approximate surface area is 164 Å². The molecule has 0 unspecified atom stereocenters. The van der Waals surface area contributed by atoms with E-state index in [1.54, 1.807) is 26.6 Å². The molecule has 0 aliphatic carbocycles. The first-order valence-corrected chi connectivity index (χ1v) is 10.9. The predicted molar refractivity (Wildman–Crippen MR) is 105 cm³/mol. The molecule has 3 heteroatoms. The Morgan fingerprint density at radius 1 is 0.652 bits per heavy atom. The number of hydrogen-bond acceptors (Lipinski definition) is 0. The molecular weight excluding hydrogens is 393 g/mol. The summed E-state index contributed by atoms with van der Waals surface area (Å²) < 4.78 is 0. The second kappa shape index (κ2) is 8.21. The van der Waals surface area contributed by atoms with Gasteiger partial charge in [0.15, 0.2) is 0 Å². The summed E-state index contributed by atoms with van der Waals surface area (Å²) in [4.78, 5) is 0. The van der Waals surface area contributed by atoms with Gasteiger partial charge in [-0.1, -0.05) is 21.2 Å². The maximum Gasteiger partial charge on any atom is 2.00 e. The second-order valence-corrected chi connectivity index (χ2v) is 12.0. The van der Waals surface area contributed by atoms with Crippen LogP contribution in [0.4, 0.5) is 0 Å². The van der Waals surface area contributed by atoms with Crippen LogP contribution < -0.4 is 0 Å². The summed E-state index contributed by atoms with van der Waals surface area (Å²) in [5, 5.41) is 8.35. The molecule has 2 aromatic heterocycles. The molecule has 0 atom stereocenters. The SMILES string of the molecule is [CH2-]CC[C-](p1c(C)c(C)c(C)c1C)p1c(C)c(C)c(C)c1C.[Zr+2]. The van der Waals surface area contributed by atoms with E-state index >= 15 is 0 Å². The molecule has 2 aromatic rings. The van der Waals surface area contributed by atoms with Gasteiger partial charge in [0.25, 0.3) is 0 Å². The topological polar surface area (TPSA) is 0 Å². The Balaban J connectivity index is 0.00000264. The van der Waals surface area contributed by atoms with E-state index in [0.29, 0.717) is 0 Å². The monoisotopic (exact) mass is 422 g/mol. The van der Waals surface area contributed by atoms with Gasteiger partial charge in [0, 0.05) is 0 Å². The Kier molecular flexibility index (Phi) is 7.67. The van der Waals surface area contributed by atoms with Gasteiger partial charge in [0.1, 0.15) is 0 Å². The average Bonchev–Trinajstić information content (AvgIpc) is 2.79. The minimum absolute atomic E-state index is 0. The van der Waals surface area contributed by atoms with Crippen molar-refractivity contribution in [2.45, 2.75) is 68.2 Å². The van der Waals surface area contributed by atoms with Crippen molar-refractivity contribution < 1.29 is 26.2 Å². The second-order valence-electron chi connectivity index (χ2n) is 6.53. The average molecular weight is 424 g/mol. The van der Waals surface area contributed by atoms with Crippen LogP contribution in [0, 0.1) is 67.7 Å². The fraction of sp³-hybridized carbons (Fsp3) is 0.500. The summed E-state index contributed by atoms with van der Waals surface area (Å²) >= 11 is 0. The van der Waals surface area contributed by atoms with E-state index in [-0.39, 0.29) is 41.3 Å². The molecule has 124 valence electrons. The first-order valence-electron chi connectivity index (χ1n) is 8.20. The molecule has 23 heavy (non-hydrogen) atoms. The van der Waals surface area contributed by atoms with Crippen LogP contribution in [0.2, 0.25) is 0 Å².